The molecule has 0 aromatic carbocycles. The summed E-state index contributed by atoms with van der Waals surface area (Å²) in [6.07, 6.45) is 7.35. The van der Waals surface area contributed by atoms with Gasteiger partial charge in [-0.25, -0.2) is 0 Å². The molecule has 0 fully saturated rings. The molecular formula is C9H16N2. The fraction of sp³-hybridized carbons (Fsp3) is 0.444. The van der Waals surface area contributed by atoms with Crippen molar-refractivity contribution in [3.8, 4) is 0 Å². The smallest absolute Gasteiger partial charge is 0.0410 e. The quantitative estimate of drug-likeness (QED) is 0.600. The molecule has 0 unspecified atom stereocenters. The summed E-state index contributed by atoms with van der Waals surface area (Å²) in [6, 6.07) is 0. The molecule has 11 heavy (non-hydrogen) atoms. The minimum atomic E-state index is 0.630. The normalized spacial score (nSPS) is 12.4. The Morgan fingerprint density at radius 2 is 2.36 bits per heavy atom. The van der Waals surface area contributed by atoms with E-state index in [-0.39, 0.29) is 0 Å². The van der Waals surface area contributed by atoms with Gasteiger partial charge >= 0.3 is 0 Å². The second-order valence-electron chi connectivity index (χ2n) is 2.16. The number of hydrogen-bond donors (Lipinski definition) is 1. The van der Waals surface area contributed by atoms with E-state index in [2.05, 4.69) is 18.5 Å². The van der Waals surface area contributed by atoms with Gasteiger partial charge in [0, 0.05) is 18.3 Å². The number of rotatable bonds is 5. The highest BCUT2D eigenvalue weighted by Crippen LogP contribution is 1.89. The molecule has 0 atom stereocenters. The fourth-order valence-corrected chi connectivity index (χ4v) is 0.621. The third-order valence-electron chi connectivity index (χ3n) is 1.22. The van der Waals surface area contributed by atoms with Crippen LogP contribution in [0.25, 0.3) is 0 Å². The summed E-state index contributed by atoms with van der Waals surface area (Å²) in [5.41, 5.74) is 6.31. The molecule has 2 heteroatoms. The van der Waals surface area contributed by atoms with E-state index in [0.29, 0.717) is 6.54 Å². The zero-order valence-electron chi connectivity index (χ0n) is 7.09. The average molecular weight is 152 g/mol. The Kier molecular flexibility index (Phi) is 6.64. The maximum atomic E-state index is 5.36. The van der Waals surface area contributed by atoms with Gasteiger partial charge in [-0.3, -0.25) is 4.99 Å². The highest BCUT2D eigenvalue weighted by molar-refractivity contribution is 5.94. The first-order chi connectivity index (χ1) is 5.35. The molecule has 0 spiro atoms. The van der Waals surface area contributed by atoms with Crippen LogP contribution in [0.2, 0.25) is 0 Å². The van der Waals surface area contributed by atoms with Gasteiger partial charge in [0.1, 0.15) is 0 Å². The SMILES string of the molecule is C=CC(CCN)=N/C=C/CC. The lowest BCUT2D eigenvalue weighted by Gasteiger charge is -1.93. The van der Waals surface area contributed by atoms with Gasteiger partial charge in [0.15, 0.2) is 0 Å². The summed E-state index contributed by atoms with van der Waals surface area (Å²) in [7, 11) is 0. The van der Waals surface area contributed by atoms with E-state index >= 15 is 0 Å². The molecule has 62 valence electrons. The summed E-state index contributed by atoms with van der Waals surface area (Å²) in [6.45, 7) is 6.34. The molecule has 0 saturated carbocycles. The summed E-state index contributed by atoms with van der Waals surface area (Å²) >= 11 is 0. The van der Waals surface area contributed by atoms with Crippen molar-refractivity contribution in [2.45, 2.75) is 19.8 Å². The molecule has 2 nitrogen and oxygen atoms in total. The van der Waals surface area contributed by atoms with Crippen LogP contribution < -0.4 is 5.73 Å². The molecule has 0 rings (SSSR count). The lowest BCUT2D eigenvalue weighted by atomic mass is 10.3. The van der Waals surface area contributed by atoms with E-state index in [1.165, 1.54) is 0 Å². The van der Waals surface area contributed by atoms with Crippen LogP contribution in [0.5, 0.6) is 0 Å². The summed E-state index contributed by atoms with van der Waals surface area (Å²) < 4.78 is 0. The molecule has 0 aromatic heterocycles. The highest BCUT2D eigenvalue weighted by Gasteiger charge is 1.87. The predicted octanol–water partition coefficient (Wildman–Crippen LogP) is 1.89. The van der Waals surface area contributed by atoms with E-state index < -0.39 is 0 Å². The number of nitrogens with zero attached hydrogens (tertiary/aromatic N) is 1. The van der Waals surface area contributed by atoms with Crippen LogP contribution in [0.1, 0.15) is 19.8 Å². The van der Waals surface area contributed by atoms with Gasteiger partial charge in [-0.2, -0.15) is 0 Å². The van der Waals surface area contributed by atoms with Gasteiger partial charge in [0.25, 0.3) is 0 Å². The predicted molar refractivity (Wildman–Crippen MR) is 50.7 cm³/mol. The van der Waals surface area contributed by atoms with Gasteiger partial charge in [0.2, 0.25) is 0 Å². The molecule has 0 saturated heterocycles. The van der Waals surface area contributed by atoms with Crippen molar-refractivity contribution >= 4 is 5.71 Å². The van der Waals surface area contributed by atoms with E-state index in [0.717, 1.165) is 18.6 Å². The largest absolute Gasteiger partial charge is 0.330 e. The van der Waals surface area contributed by atoms with Crippen LogP contribution in [0.4, 0.5) is 0 Å². The Labute approximate surface area is 68.5 Å². The van der Waals surface area contributed by atoms with Crippen LogP contribution in [-0.4, -0.2) is 12.3 Å². The molecule has 0 aliphatic heterocycles. The van der Waals surface area contributed by atoms with Crippen molar-refractivity contribution in [1.82, 2.24) is 0 Å². The van der Waals surface area contributed by atoms with Crippen molar-refractivity contribution in [2.24, 2.45) is 10.7 Å². The third-order valence-corrected chi connectivity index (χ3v) is 1.22. The Balaban J connectivity index is 3.89. The summed E-state index contributed by atoms with van der Waals surface area (Å²) in [5, 5.41) is 0. The van der Waals surface area contributed by atoms with Crippen molar-refractivity contribution < 1.29 is 0 Å². The van der Waals surface area contributed by atoms with E-state index in [4.69, 9.17) is 5.73 Å². The van der Waals surface area contributed by atoms with Crippen molar-refractivity contribution in [3.63, 3.8) is 0 Å². The average Bonchev–Trinajstić information content (AvgIpc) is 2.03. The number of allylic oxidation sites excluding steroid dienone is 2. The van der Waals surface area contributed by atoms with E-state index in [1.54, 1.807) is 12.3 Å². The maximum Gasteiger partial charge on any atom is 0.0410 e. The first kappa shape index (κ1) is 10.1. The Bertz CT molecular complexity index is 157. The fourth-order valence-electron chi connectivity index (χ4n) is 0.621. The molecule has 2 N–H and O–H groups in total. The number of aliphatic imine (C=N–C) groups is 1. The van der Waals surface area contributed by atoms with Gasteiger partial charge < -0.3 is 5.73 Å². The van der Waals surface area contributed by atoms with Crippen LogP contribution in [-0.2, 0) is 0 Å². The third kappa shape index (κ3) is 5.55. The number of hydrogen-bond acceptors (Lipinski definition) is 2. The molecule has 0 aliphatic carbocycles. The van der Waals surface area contributed by atoms with Gasteiger partial charge in [-0.05, 0) is 19.0 Å². The second-order valence-corrected chi connectivity index (χ2v) is 2.16. The minimum absolute atomic E-state index is 0.630. The minimum Gasteiger partial charge on any atom is -0.330 e. The summed E-state index contributed by atoms with van der Waals surface area (Å²) in [4.78, 5) is 4.16. The molecular weight excluding hydrogens is 136 g/mol. The molecule has 0 aromatic rings. The number of nitrogens with two attached hydrogens (primary N) is 1. The molecule has 0 bridgehead atoms. The highest BCUT2D eigenvalue weighted by atomic mass is 14.7. The van der Waals surface area contributed by atoms with Crippen molar-refractivity contribution in [3.05, 3.63) is 24.9 Å². The lowest BCUT2D eigenvalue weighted by Crippen LogP contribution is -2.04. The first-order valence-corrected chi connectivity index (χ1v) is 3.89. The first-order valence-electron chi connectivity index (χ1n) is 3.89. The lowest BCUT2D eigenvalue weighted by molar-refractivity contribution is 1.04. The van der Waals surface area contributed by atoms with Gasteiger partial charge in [-0.15, -0.1) is 0 Å². The Morgan fingerprint density at radius 3 is 2.82 bits per heavy atom. The topological polar surface area (TPSA) is 38.4 Å². The van der Waals surface area contributed by atoms with Crippen LogP contribution in [0, 0.1) is 0 Å². The van der Waals surface area contributed by atoms with Crippen molar-refractivity contribution in [2.75, 3.05) is 6.54 Å². The molecule has 0 amide bonds. The zero-order chi connectivity index (χ0) is 8.53. The zero-order valence-corrected chi connectivity index (χ0v) is 7.09. The summed E-state index contributed by atoms with van der Waals surface area (Å²) in [5.74, 6) is 0. The Hall–Kier alpha value is -0.890. The monoisotopic (exact) mass is 152 g/mol. The van der Waals surface area contributed by atoms with Crippen LogP contribution in [0.15, 0.2) is 29.9 Å². The maximum absolute atomic E-state index is 5.36. The van der Waals surface area contributed by atoms with E-state index in [9.17, 15) is 0 Å². The molecule has 0 heterocycles. The van der Waals surface area contributed by atoms with Crippen LogP contribution >= 0.6 is 0 Å². The van der Waals surface area contributed by atoms with E-state index in [1.807, 2.05) is 6.08 Å². The van der Waals surface area contributed by atoms with Gasteiger partial charge in [-0.1, -0.05) is 19.6 Å². The Morgan fingerprint density at radius 1 is 1.64 bits per heavy atom. The van der Waals surface area contributed by atoms with Crippen LogP contribution in [0.3, 0.4) is 0 Å². The van der Waals surface area contributed by atoms with Gasteiger partial charge in [0.05, 0.1) is 0 Å². The molecule has 0 aliphatic rings. The standard InChI is InChI=1S/C9H16N2/c1-3-5-8-11-9(4-2)6-7-10/h4-5,8H,2-3,6-7,10H2,1H3/b8-5+,11-9?. The molecule has 0 radical (unpaired) electrons. The second kappa shape index (κ2) is 7.22. The van der Waals surface area contributed by atoms with Crippen molar-refractivity contribution in [1.29, 1.82) is 0 Å².